The summed E-state index contributed by atoms with van der Waals surface area (Å²) in [5.74, 6) is -2.26. The molecule has 1 spiro atoms. The molecule has 0 aromatic carbocycles. The lowest BCUT2D eigenvalue weighted by molar-refractivity contribution is -0.295. The number of ether oxygens (including phenoxy) is 4. The summed E-state index contributed by atoms with van der Waals surface area (Å²) in [7, 11) is 11.9. The normalized spacial score (nSPS) is 43.6. The van der Waals surface area contributed by atoms with Gasteiger partial charge in [0, 0.05) is 31.7 Å². The Morgan fingerprint density at radius 1 is 1.02 bits per heavy atom. The van der Waals surface area contributed by atoms with E-state index in [1.807, 2.05) is 32.8 Å². The van der Waals surface area contributed by atoms with E-state index in [1.165, 1.54) is 0 Å². The van der Waals surface area contributed by atoms with Crippen LogP contribution in [-0.2, 0) is 28.5 Å². The first-order valence-electron chi connectivity index (χ1n) is 15.8. The van der Waals surface area contributed by atoms with Crippen molar-refractivity contribution in [1.29, 1.82) is 0 Å². The maximum atomic E-state index is 13.9. The summed E-state index contributed by atoms with van der Waals surface area (Å²) in [6, 6.07) is 0.346. The molecule has 0 aromatic rings. The van der Waals surface area contributed by atoms with Gasteiger partial charge in [-0.3, -0.25) is 14.5 Å². The second kappa shape index (κ2) is 14.3. The topological polar surface area (TPSA) is 101 Å². The molecule has 0 amide bonds. The first-order chi connectivity index (χ1) is 19.5. The highest BCUT2D eigenvalue weighted by Crippen LogP contribution is 2.39. The molecule has 2 saturated heterocycles. The molecule has 9 atom stereocenters. The van der Waals surface area contributed by atoms with Crippen LogP contribution in [0, 0.1) is 17.8 Å². The van der Waals surface area contributed by atoms with E-state index in [9.17, 15) is 14.7 Å². The summed E-state index contributed by atoms with van der Waals surface area (Å²) in [6.07, 6.45) is 2.41. The zero-order chi connectivity index (χ0) is 31.6. The number of esters is 1. The Bertz CT molecular complexity index is 909. The summed E-state index contributed by atoms with van der Waals surface area (Å²) >= 11 is 0. The van der Waals surface area contributed by atoms with Crippen molar-refractivity contribution in [3.63, 3.8) is 0 Å². The number of hydrogen-bond donors (Lipinski definition) is 1. The van der Waals surface area contributed by atoms with Crippen LogP contribution in [0.15, 0.2) is 0 Å². The van der Waals surface area contributed by atoms with Crippen molar-refractivity contribution in [3.05, 3.63) is 0 Å². The fraction of sp³-hybridized carbons (Fsp3) is 0.938. The minimum absolute atomic E-state index is 0.138. The lowest BCUT2D eigenvalue weighted by atomic mass is 9.77. The van der Waals surface area contributed by atoms with Crippen molar-refractivity contribution in [1.82, 2.24) is 14.7 Å². The second-order valence-corrected chi connectivity index (χ2v) is 14.3. The highest BCUT2D eigenvalue weighted by molar-refractivity contribution is 6.00. The molecular formula is C32H59N3O7. The van der Waals surface area contributed by atoms with E-state index < -0.39 is 41.9 Å². The van der Waals surface area contributed by atoms with Crippen LogP contribution in [0.4, 0.5) is 0 Å². The van der Waals surface area contributed by atoms with Gasteiger partial charge >= 0.3 is 5.97 Å². The number of carbonyl (C=O) groups excluding carboxylic acids is 2. The van der Waals surface area contributed by atoms with Gasteiger partial charge < -0.3 is 33.9 Å². The molecule has 3 fully saturated rings. The van der Waals surface area contributed by atoms with E-state index in [2.05, 4.69) is 37.9 Å². The van der Waals surface area contributed by atoms with Crippen molar-refractivity contribution >= 4 is 11.8 Å². The Morgan fingerprint density at radius 2 is 1.64 bits per heavy atom. The number of nitrogens with zero attached hydrogens (tertiary/aromatic N) is 3. The Balaban J connectivity index is 1.96. The highest BCUT2D eigenvalue weighted by Gasteiger charge is 2.50. The molecule has 3 aliphatic rings. The summed E-state index contributed by atoms with van der Waals surface area (Å²) in [6.45, 7) is 10.6. The number of methoxy groups -OCH3 is 1. The molecule has 10 nitrogen and oxygen atoms in total. The van der Waals surface area contributed by atoms with Crippen molar-refractivity contribution in [2.45, 2.75) is 121 Å². The Morgan fingerprint density at radius 3 is 2.19 bits per heavy atom. The Labute approximate surface area is 254 Å². The minimum Gasteiger partial charge on any atom is -0.463 e. The van der Waals surface area contributed by atoms with Crippen molar-refractivity contribution < 1.29 is 33.6 Å². The number of rotatable bonds is 5. The lowest BCUT2D eigenvalue weighted by Crippen LogP contribution is -2.59. The fourth-order valence-corrected chi connectivity index (χ4v) is 7.61. The maximum Gasteiger partial charge on any atom is 0.316 e. The number of likely N-dealkylation sites (N-methyl/N-ethyl adjacent to an activating group) is 2. The summed E-state index contributed by atoms with van der Waals surface area (Å²) < 4.78 is 24.9. The van der Waals surface area contributed by atoms with Gasteiger partial charge in [-0.05, 0) is 100 Å². The first-order valence-corrected chi connectivity index (χ1v) is 15.8. The van der Waals surface area contributed by atoms with Gasteiger partial charge in [0.25, 0.3) is 0 Å². The highest BCUT2D eigenvalue weighted by atomic mass is 16.7. The van der Waals surface area contributed by atoms with Gasteiger partial charge in [0.2, 0.25) is 0 Å². The molecule has 42 heavy (non-hydrogen) atoms. The largest absolute Gasteiger partial charge is 0.463 e. The average molecular weight is 598 g/mol. The predicted octanol–water partition coefficient (Wildman–Crippen LogP) is 2.80. The predicted molar refractivity (Wildman–Crippen MR) is 162 cm³/mol. The molecule has 2 aliphatic heterocycles. The van der Waals surface area contributed by atoms with Crippen LogP contribution in [0.25, 0.3) is 0 Å². The Kier molecular flexibility index (Phi) is 12.0. The number of aliphatic hydroxyl groups is 1. The van der Waals surface area contributed by atoms with Crippen LogP contribution < -0.4 is 0 Å². The zero-order valence-electron chi connectivity index (χ0n) is 28.1. The Hall–Kier alpha value is -1.14. The molecule has 2 heterocycles. The molecule has 1 saturated carbocycles. The van der Waals surface area contributed by atoms with E-state index >= 15 is 0 Å². The van der Waals surface area contributed by atoms with Crippen LogP contribution in [0.3, 0.4) is 0 Å². The third-order valence-corrected chi connectivity index (χ3v) is 10.6. The lowest BCUT2D eigenvalue weighted by Gasteiger charge is -2.48. The van der Waals surface area contributed by atoms with Gasteiger partial charge in [-0.1, -0.05) is 13.8 Å². The third-order valence-electron chi connectivity index (χ3n) is 10.6. The van der Waals surface area contributed by atoms with E-state index in [4.69, 9.17) is 18.9 Å². The van der Waals surface area contributed by atoms with Gasteiger partial charge in [0.1, 0.15) is 18.6 Å². The molecule has 1 aliphatic carbocycles. The van der Waals surface area contributed by atoms with Crippen LogP contribution in [0.1, 0.15) is 73.1 Å². The zero-order valence-corrected chi connectivity index (χ0v) is 28.1. The molecule has 244 valence electrons. The van der Waals surface area contributed by atoms with Crippen molar-refractivity contribution in [2.75, 3.05) is 55.5 Å². The third kappa shape index (κ3) is 7.73. The smallest absolute Gasteiger partial charge is 0.316 e. The van der Waals surface area contributed by atoms with Crippen molar-refractivity contribution in [3.8, 4) is 0 Å². The molecule has 1 unspecified atom stereocenters. The van der Waals surface area contributed by atoms with Gasteiger partial charge in [-0.15, -0.1) is 0 Å². The quantitative estimate of drug-likeness (QED) is 0.376. The molecule has 0 radical (unpaired) electrons. The first kappa shape index (κ1) is 35.3. The summed E-state index contributed by atoms with van der Waals surface area (Å²) in [4.78, 5) is 33.9. The minimum atomic E-state index is -0.962. The molecule has 10 heteroatoms. The molecule has 3 rings (SSSR count). The SMILES string of the molecule is CO[C@]1(C)C[C@@H](C)CN(C)C2(CCC(N(C)C)CC2)COC(=O)C(C)C(=O)[C@H](C)[C@H]1O[C@@H]1O[C@H](C)C[C@H](N(C)C)[C@H]1O. The van der Waals surface area contributed by atoms with Crippen LogP contribution in [0.2, 0.25) is 0 Å². The summed E-state index contributed by atoms with van der Waals surface area (Å²) in [5, 5.41) is 11.3. The number of hydrogen-bond acceptors (Lipinski definition) is 10. The number of aliphatic hydroxyl groups excluding tert-OH is 1. The summed E-state index contributed by atoms with van der Waals surface area (Å²) in [5.41, 5.74) is -1.17. The number of Topliss-reactive ketones (excluding diaryl/α,β-unsaturated/α-hetero) is 1. The molecule has 0 aromatic heterocycles. The standard InChI is InChI=1S/C32H59N3O7/c1-20-17-31(5,39-11)28(42-30-27(37)25(34(8)9)16-21(2)41-30)22(3)26(36)23(4)29(38)40-19-32(35(10)18-20)14-12-24(13-15-32)33(6)7/h20-25,27-28,30,37H,12-19H2,1-11H3/t20-,21-,22+,23?,24?,25+,27-,28-,30+,31-,32?/m1/s1. The van der Waals surface area contributed by atoms with Crippen LogP contribution in [0.5, 0.6) is 0 Å². The van der Waals surface area contributed by atoms with Crippen molar-refractivity contribution in [2.24, 2.45) is 17.8 Å². The molecule has 0 bridgehead atoms. The van der Waals surface area contributed by atoms with E-state index in [0.29, 0.717) is 18.9 Å². The fourth-order valence-electron chi connectivity index (χ4n) is 7.61. The molecule has 1 N–H and O–H groups in total. The maximum absolute atomic E-state index is 13.9. The monoisotopic (exact) mass is 597 g/mol. The second-order valence-electron chi connectivity index (χ2n) is 14.3. The number of carbonyl (C=O) groups is 2. The van der Waals surface area contributed by atoms with Crippen LogP contribution >= 0.6 is 0 Å². The number of ketones is 1. The van der Waals surface area contributed by atoms with E-state index in [1.54, 1.807) is 21.0 Å². The van der Waals surface area contributed by atoms with Gasteiger partial charge in [0.15, 0.2) is 12.1 Å². The van der Waals surface area contributed by atoms with Gasteiger partial charge in [-0.25, -0.2) is 0 Å². The van der Waals surface area contributed by atoms with E-state index in [-0.39, 0.29) is 36.0 Å². The average Bonchev–Trinajstić information content (AvgIpc) is 2.94. The van der Waals surface area contributed by atoms with Gasteiger partial charge in [-0.2, -0.15) is 0 Å². The number of cyclic esters (lactones) is 1. The van der Waals surface area contributed by atoms with Gasteiger partial charge in [0.05, 0.1) is 23.3 Å². The van der Waals surface area contributed by atoms with E-state index in [0.717, 1.165) is 32.2 Å². The molecular weight excluding hydrogens is 538 g/mol. The van der Waals surface area contributed by atoms with Crippen LogP contribution in [-0.4, -0.2) is 135 Å².